The third kappa shape index (κ3) is 3.67. The summed E-state index contributed by atoms with van der Waals surface area (Å²) >= 11 is 1.48. The van der Waals surface area contributed by atoms with E-state index in [1.807, 2.05) is 27.3 Å². The zero-order valence-electron chi connectivity index (χ0n) is 12.9. The van der Waals surface area contributed by atoms with Gasteiger partial charge in [0.15, 0.2) is 0 Å². The van der Waals surface area contributed by atoms with Crippen molar-refractivity contribution in [2.45, 2.75) is 19.3 Å². The van der Waals surface area contributed by atoms with E-state index in [2.05, 4.69) is 4.90 Å². The van der Waals surface area contributed by atoms with E-state index in [-0.39, 0.29) is 11.8 Å². The Hall–Kier alpha value is -1.40. The molecule has 0 radical (unpaired) electrons. The molecule has 0 spiro atoms. The number of carbonyl (C=O) groups is 2. The largest absolute Gasteiger partial charge is 0.339 e. The average molecular weight is 321 g/mol. The summed E-state index contributed by atoms with van der Waals surface area (Å²) in [6, 6.07) is 3.76. The average Bonchev–Trinajstić information content (AvgIpc) is 3.25. The highest BCUT2D eigenvalue weighted by molar-refractivity contribution is 7.12. The molecule has 22 heavy (non-hydrogen) atoms. The summed E-state index contributed by atoms with van der Waals surface area (Å²) in [7, 11) is 0. The van der Waals surface area contributed by atoms with Gasteiger partial charge in [-0.3, -0.25) is 9.59 Å². The first-order chi connectivity index (χ1) is 10.7. The van der Waals surface area contributed by atoms with Crippen molar-refractivity contribution in [1.82, 2.24) is 14.7 Å². The number of likely N-dealkylation sites (tertiary alicyclic amines) is 1. The van der Waals surface area contributed by atoms with Gasteiger partial charge in [0, 0.05) is 39.1 Å². The number of carbonyl (C=O) groups excluding carboxylic acids is 2. The van der Waals surface area contributed by atoms with Gasteiger partial charge in [0.05, 0.1) is 4.88 Å². The number of rotatable bonds is 4. The second kappa shape index (κ2) is 7.24. The molecular weight excluding hydrogens is 298 g/mol. The van der Waals surface area contributed by atoms with Gasteiger partial charge in [0.1, 0.15) is 0 Å². The first-order valence-corrected chi connectivity index (χ1v) is 8.95. The molecular formula is C16H23N3O2S. The maximum Gasteiger partial charge on any atom is 0.264 e. The number of hydrogen-bond acceptors (Lipinski definition) is 4. The van der Waals surface area contributed by atoms with E-state index < -0.39 is 0 Å². The van der Waals surface area contributed by atoms with E-state index in [1.165, 1.54) is 24.2 Å². The summed E-state index contributed by atoms with van der Waals surface area (Å²) in [5, 5.41) is 1.92. The van der Waals surface area contributed by atoms with Crippen LogP contribution in [0.4, 0.5) is 0 Å². The first kappa shape index (κ1) is 15.5. The minimum atomic E-state index is 0.0964. The maximum absolute atomic E-state index is 12.3. The van der Waals surface area contributed by atoms with E-state index >= 15 is 0 Å². The van der Waals surface area contributed by atoms with Crippen LogP contribution in [0.15, 0.2) is 17.5 Å². The van der Waals surface area contributed by atoms with Crippen LogP contribution < -0.4 is 0 Å². The molecule has 1 aromatic rings. The van der Waals surface area contributed by atoms with E-state index in [9.17, 15) is 9.59 Å². The molecule has 0 atom stereocenters. The van der Waals surface area contributed by atoms with Crippen LogP contribution >= 0.6 is 11.3 Å². The van der Waals surface area contributed by atoms with Gasteiger partial charge < -0.3 is 14.7 Å². The lowest BCUT2D eigenvalue weighted by Gasteiger charge is -2.35. The zero-order chi connectivity index (χ0) is 15.4. The molecule has 2 amide bonds. The highest BCUT2D eigenvalue weighted by atomic mass is 32.1. The van der Waals surface area contributed by atoms with Gasteiger partial charge >= 0.3 is 0 Å². The summed E-state index contributed by atoms with van der Waals surface area (Å²) in [5.74, 6) is 0.328. The van der Waals surface area contributed by atoms with Crippen LogP contribution in [0.1, 0.15) is 28.9 Å². The Morgan fingerprint density at radius 3 is 2.32 bits per heavy atom. The molecule has 2 saturated heterocycles. The van der Waals surface area contributed by atoms with E-state index in [0.717, 1.165) is 24.5 Å². The van der Waals surface area contributed by atoms with Crippen molar-refractivity contribution < 1.29 is 9.59 Å². The fourth-order valence-corrected chi connectivity index (χ4v) is 3.82. The third-order valence-corrected chi connectivity index (χ3v) is 5.35. The van der Waals surface area contributed by atoms with Crippen molar-refractivity contribution >= 4 is 23.2 Å². The van der Waals surface area contributed by atoms with Crippen LogP contribution in [0.25, 0.3) is 0 Å². The predicted molar refractivity (Wildman–Crippen MR) is 87.1 cm³/mol. The first-order valence-electron chi connectivity index (χ1n) is 8.07. The number of piperazine rings is 1. The summed E-state index contributed by atoms with van der Waals surface area (Å²) in [4.78, 5) is 31.4. The number of nitrogens with zero attached hydrogens (tertiary/aromatic N) is 3. The predicted octanol–water partition coefficient (Wildman–Crippen LogP) is 1.52. The van der Waals surface area contributed by atoms with Crippen LogP contribution in [0.3, 0.4) is 0 Å². The monoisotopic (exact) mass is 321 g/mol. The van der Waals surface area contributed by atoms with Crippen molar-refractivity contribution in [3.8, 4) is 0 Å². The van der Waals surface area contributed by atoms with E-state index in [4.69, 9.17) is 0 Å². The van der Waals surface area contributed by atoms with Gasteiger partial charge in [0.2, 0.25) is 5.91 Å². The van der Waals surface area contributed by atoms with Gasteiger partial charge in [0.25, 0.3) is 5.91 Å². The second-order valence-corrected chi connectivity index (χ2v) is 6.90. The minimum absolute atomic E-state index is 0.0964. The molecule has 0 aromatic carbocycles. The van der Waals surface area contributed by atoms with Gasteiger partial charge in [-0.15, -0.1) is 11.3 Å². The number of hydrogen-bond donors (Lipinski definition) is 0. The molecule has 6 heteroatoms. The molecule has 120 valence electrons. The highest BCUT2D eigenvalue weighted by Crippen LogP contribution is 2.14. The lowest BCUT2D eigenvalue weighted by atomic mass is 10.2. The summed E-state index contributed by atoms with van der Waals surface area (Å²) in [6.07, 6.45) is 3.13. The summed E-state index contributed by atoms with van der Waals surface area (Å²) in [6.45, 7) is 5.77. The summed E-state index contributed by atoms with van der Waals surface area (Å²) < 4.78 is 0. The smallest absolute Gasteiger partial charge is 0.264 e. The molecule has 1 aromatic heterocycles. The summed E-state index contributed by atoms with van der Waals surface area (Å²) in [5.41, 5.74) is 0. The van der Waals surface area contributed by atoms with Crippen LogP contribution in [0.2, 0.25) is 0 Å². The van der Waals surface area contributed by atoms with Crippen LogP contribution in [-0.2, 0) is 4.79 Å². The molecule has 0 saturated carbocycles. The molecule has 0 N–H and O–H groups in total. The number of thiophene rings is 1. The Labute approximate surface area is 135 Å². The topological polar surface area (TPSA) is 43.9 Å². The number of amides is 2. The quantitative estimate of drug-likeness (QED) is 0.844. The van der Waals surface area contributed by atoms with Crippen molar-refractivity contribution in [3.63, 3.8) is 0 Å². The lowest BCUT2D eigenvalue weighted by molar-refractivity contribution is -0.133. The molecule has 3 rings (SSSR count). The fraction of sp³-hybridized carbons (Fsp3) is 0.625. The molecule has 2 fully saturated rings. The standard InChI is InChI=1S/C16H23N3O2S/c20-15(5-8-17-6-1-2-7-17)18-9-11-19(12-10-18)16(21)14-4-3-13-22-14/h3-4,13H,1-2,5-12H2. The Kier molecular flexibility index (Phi) is 5.10. The van der Waals surface area contributed by atoms with Crippen molar-refractivity contribution in [3.05, 3.63) is 22.4 Å². The Balaban J connectivity index is 1.42. The second-order valence-electron chi connectivity index (χ2n) is 5.95. The van der Waals surface area contributed by atoms with Crippen LogP contribution in [-0.4, -0.2) is 72.3 Å². The molecule has 0 aliphatic carbocycles. The Morgan fingerprint density at radius 2 is 1.68 bits per heavy atom. The molecule has 2 aliphatic heterocycles. The van der Waals surface area contributed by atoms with Gasteiger partial charge in [-0.2, -0.15) is 0 Å². The molecule has 0 bridgehead atoms. The zero-order valence-corrected chi connectivity index (χ0v) is 13.7. The fourth-order valence-electron chi connectivity index (χ4n) is 3.13. The van der Waals surface area contributed by atoms with Gasteiger partial charge in [-0.05, 0) is 37.4 Å². The highest BCUT2D eigenvalue weighted by Gasteiger charge is 2.25. The van der Waals surface area contributed by atoms with Crippen molar-refractivity contribution in [2.75, 3.05) is 45.8 Å². The van der Waals surface area contributed by atoms with E-state index in [0.29, 0.717) is 32.6 Å². The Bertz CT molecular complexity index is 503. The maximum atomic E-state index is 12.3. The van der Waals surface area contributed by atoms with Crippen molar-refractivity contribution in [2.24, 2.45) is 0 Å². The molecule has 3 heterocycles. The molecule has 2 aliphatic rings. The molecule has 5 nitrogen and oxygen atoms in total. The lowest BCUT2D eigenvalue weighted by Crippen LogP contribution is -2.50. The van der Waals surface area contributed by atoms with Gasteiger partial charge in [-0.1, -0.05) is 6.07 Å². The van der Waals surface area contributed by atoms with E-state index in [1.54, 1.807) is 0 Å². The van der Waals surface area contributed by atoms with Crippen molar-refractivity contribution in [1.29, 1.82) is 0 Å². The molecule has 0 unspecified atom stereocenters. The third-order valence-electron chi connectivity index (χ3n) is 4.49. The Morgan fingerprint density at radius 1 is 1.00 bits per heavy atom. The normalized spacial score (nSPS) is 19.6. The minimum Gasteiger partial charge on any atom is -0.339 e. The van der Waals surface area contributed by atoms with Crippen LogP contribution in [0.5, 0.6) is 0 Å². The van der Waals surface area contributed by atoms with Crippen LogP contribution in [0, 0.1) is 0 Å². The SMILES string of the molecule is O=C(CCN1CCCC1)N1CCN(C(=O)c2cccs2)CC1. The van der Waals surface area contributed by atoms with Gasteiger partial charge in [-0.25, -0.2) is 0 Å².